The molecule has 6 nitrogen and oxygen atoms in total. The molecule has 0 aromatic heterocycles. The van der Waals surface area contributed by atoms with Crippen molar-refractivity contribution < 1.29 is 19.1 Å². The Kier molecular flexibility index (Phi) is 6.08. The van der Waals surface area contributed by atoms with Gasteiger partial charge in [-0.15, -0.1) is 0 Å². The number of nitrogens with zero attached hydrogens (tertiary/aromatic N) is 1. The minimum atomic E-state index is -0.403. The zero-order chi connectivity index (χ0) is 17.4. The summed E-state index contributed by atoms with van der Waals surface area (Å²) in [5.41, 5.74) is 4.62. The third kappa shape index (κ3) is 5.24. The molecule has 0 atom stereocenters. The molecule has 0 aliphatic rings. The average molecular weight is 326 g/mol. The van der Waals surface area contributed by atoms with Crippen LogP contribution >= 0.6 is 0 Å². The Balaban J connectivity index is 1.80. The largest absolute Gasteiger partial charge is 0.484 e. The van der Waals surface area contributed by atoms with Gasteiger partial charge in [-0.05, 0) is 42.3 Å². The van der Waals surface area contributed by atoms with E-state index in [1.54, 1.807) is 30.3 Å². The Labute approximate surface area is 140 Å². The highest BCUT2D eigenvalue weighted by atomic mass is 16.5. The SMILES string of the molecule is COC(=O)c1ccc(/C=N/NC(=O)COc2cccc(C)c2)cc1. The van der Waals surface area contributed by atoms with Crippen LogP contribution < -0.4 is 10.2 Å². The molecule has 1 N–H and O–H groups in total. The van der Waals surface area contributed by atoms with Crippen LogP contribution in [0.15, 0.2) is 53.6 Å². The summed E-state index contributed by atoms with van der Waals surface area (Å²) in [6.45, 7) is 1.82. The first-order valence-electron chi connectivity index (χ1n) is 7.28. The van der Waals surface area contributed by atoms with Crippen molar-refractivity contribution >= 4 is 18.1 Å². The van der Waals surface area contributed by atoms with Gasteiger partial charge in [0, 0.05) is 0 Å². The number of nitrogens with one attached hydrogen (secondary N) is 1. The van der Waals surface area contributed by atoms with E-state index in [1.165, 1.54) is 13.3 Å². The summed E-state index contributed by atoms with van der Waals surface area (Å²) in [4.78, 5) is 23.0. The fourth-order valence-electron chi connectivity index (χ4n) is 1.89. The van der Waals surface area contributed by atoms with Crippen molar-refractivity contribution in [1.82, 2.24) is 5.43 Å². The third-order valence-electron chi connectivity index (χ3n) is 3.09. The maximum Gasteiger partial charge on any atom is 0.337 e. The van der Waals surface area contributed by atoms with Crippen LogP contribution in [0.25, 0.3) is 0 Å². The molecular formula is C18H18N2O4. The lowest BCUT2D eigenvalue weighted by molar-refractivity contribution is -0.123. The monoisotopic (exact) mass is 326 g/mol. The zero-order valence-corrected chi connectivity index (χ0v) is 13.5. The molecule has 1 amide bonds. The van der Waals surface area contributed by atoms with Crippen molar-refractivity contribution in [2.75, 3.05) is 13.7 Å². The number of esters is 1. The highest BCUT2D eigenvalue weighted by Gasteiger charge is 2.04. The smallest absolute Gasteiger partial charge is 0.337 e. The number of rotatable bonds is 6. The van der Waals surface area contributed by atoms with E-state index in [-0.39, 0.29) is 12.5 Å². The number of carbonyl (C=O) groups excluding carboxylic acids is 2. The molecule has 2 aromatic carbocycles. The number of amides is 1. The van der Waals surface area contributed by atoms with Gasteiger partial charge in [0.05, 0.1) is 18.9 Å². The lowest BCUT2D eigenvalue weighted by Gasteiger charge is -2.05. The first kappa shape index (κ1) is 17.2. The molecule has 2 rings (SSSR count). The Morgan fingerprint density at radius 1 is 1.17 bits per heavy atom. The average Bonchev–Trinajstić information content (AvgIpc) is 2.60. The van der Waals surface area contributed by atoms with Gasteiger partial charge in [-0.1, -0.05) is 24.3 Å². The van der Waals surface area contributed by atoms with E-state index in [4.69, 9.17) is 4.74 Å². The molecule has 0 spiro atoms. The van der Waals surface area contributed by atoms with Gasteiger partial charge in [0.2, 0.25) is 0 Å². The lowest BCUT2D eigenvalue weighted by atomic mass is 10.1. The summed E-state index contributed by atoms with van der Waals surface area (Å²) in [7, 11) is 1.33. The summed E-state index contributed by atoms with van der Waals surface area (Å²) in [5, 5.41) is 3.85. The second kappa shape index (κ2) is 8.47. The number of aryl methyl sites for hydroxylation is 1. The molecule has 0 bridgehead atoms. The molecule has 0 unspecified atom stereocenters. The predicted octanol–water partition coefficient (Wildman–Crippen LogP) is 2.31. The van der Waals surface area contributed by atoms with Crippen LogP contribution in [0.4, 0.5) is 0 Å². The van der Waals surface area contributed by atoms with Gasteiger partial charge in [-0.25, -0.2) is 10.2 Å². The summed E-state index contributed by atoms with van der Waals surface area (Å²) in [6, 6.07) is 14.1. The van der Waals surface area contributed by atoms with E-state index >= 15 is 0 Å². The highest BCUT2D eigenvalue weighted by Crippen LogP contribution is 2.11. The molecular weight excluding hydrogens is 308 g/mol. The highest BCUT2D eigenvalue weighted by molar-refractivity contribution is 5.90. The Morgan fingerprint density at radius 3 is 2.58 bits per heavy atom. The standard InChI is InChI=1S/C18H18N2O4/c1-13-4-3-5-16(10-13)24-12-17(21)20-19-11-14-6-8-15(9-7-14)18(22)23-2/h3-11H,12H2,1-2H3,(H,20,21)/b19-11+. The number of methoxy groups -OCH3 is 1. The normalized spacial score (nSPS) is 10.4. The van der Waals surface area contributed by atoms with Crippen LogP contribution in [0.5, 0.6) is 5.75 Å². The fourth-order valence-corrected chi connectivity index (χ4v) is 1.89. The van der Waals surface area contributed by atoms with Crippen molar-refractivity contribution in [1.29, 1.82) is 0 Å². The molecule has 2 aromatic rings. The van der Waals surface area contributed by atoms with Gasteiger partial charge in [0.1, 0.15) is 5.75 Å². The maximum atomic E-state index is 11.7. The van der Waals surface area contributed by atoms with E-state index in [1.807, 2.05) is 25.1 Å². The summed E-state index contributed by atoms with van der Waals surface area (Å²) >= 11 is 0. The van der Waals surface area contributed by atoms with Crippen LogP contribution in [-0.2, 0) is 9.53 Å². The molecule has 0 heterocycles. The van der Waals surface area contributed by atoms with Gasteiger partial charge in [0.25, 0.3) is 5.91 Å². The Hall–Kier alpha value is -3.15. The first-order valence-corrected chi connectivity index (χ1v) is 7.28. The van der Waals surface area contributed by atoms with E-state index < -0.39 is 5.97 Å². The van der Waals surface area contributed by atoms with Crippen LogP contribution in [0, 0.1) is 6.92 Å². The minimum Gasteiger partial charge on any atom is -0.484 e. The van der Waals surface area contributed by atoms with Gasteiger partial charge in [-0.3, -0.25) is 4.79 Å². The summed E-state index contributed by atoms with van der Waals surface area (Å²) < 4.78 is 9.98. The molecule has 6 heteroatoms. The number of hydrogen-bond acceptors (Lipinski definition) is 5. The van der Waals surface area contributed by atoms with Gasteiger partial charge < -0.3 is 9.47 Å². The Bertz CT molecular complexity index is 739. The molecule has 124 valence electrons. The minimum absolute atomic E-state index is 0.123. The number of hydrogen-bond donors (Lipinski definition) is 1. The van der Waals surface area contributed by atoms with Crippen LogP contribution in [0.2, 0.25) is 0 Å². The number of ether oxygens (including phenoxy) is 2. The van der Waals surface area contributed by atoms with Crippen molar-refractivity contribution in [2.24, 2.45) is 5.10 Å². The third-order valence-corrected chi connectivity index (χ3v) is 3.09. The number of benzene rings is 2. The summed E-state index contributed by atoms with van der Waals surface area (Å²) in [5.74, 6) is -0.133. The predicted molar refractivity (Wildman–Crippen MR) is 90.2 cm³/mol. The van der Waals surface area contributed by atoms with Crippen LogP contribution in [0.3, 0.4) is 0 Å². The zero-order valence-electron chi connectivity index (χ0n) is 13.5. The van der Waals surface area contributed by atoms with E-state index in [0.29, 0.717) is 11.3 Å². The molecule has 0 saturated carbocycles. The molecule has 24 heavy (non-hydrogen) atoms. The first-order chi connectivity index (χ1) is 11.6. The van der Waals surface area contributed by atoms with Crippen molar-refractivity contribution in [2.45, 2.75) is 6.92 Å². The number of hydrazone groups is 1. The molecule has 0 aliphatic carbocycles. The quantitative estimate of drug-likeness (QED) is 0.502. The van der Waals surface area contributed by atoms with E-state index in [0.717, 1.165) is 11.1 Å². The van der Waals surface area contributed by atoms with Gasteiger partial charge >= 0.3 is 5.97 Å². The summed E-state index contributed by atoms with van der Waals surface area (Å²) in [6.07, 6.45) is 1.48. The van der Waals surface area contributed by atoms with E-state index in [2.05, 4.69) is 15.3 Å². The molecule has 0 fully saturated rings. The maximum absolute atomic E-state index is 11.7. The number of carbonyl (C=O) groups is 2. The second-order valence-corrected chi connectivity index (χ2v) is 5.01. The Morgan fingerprint density at radius 2 is 1.92 bits per heavy atom. The second-order valence-electron chi connectivity index (χ2n) is 5.01. The fraction of sp³-hybridized carbons (Fsp3) is 0.167. The molecule has 0 saturated heterocycles. The molecule has 0 aliphatic heterocycles. The molecule has 0 radical (unpaired) electrons. The van der Waals surface area contributed by atoms with Crippen LogP contribution in [0.1, 0.15) is 21.5 Å². The van der Waals surface area contributed by atoms with Gasteiger partial charge in [0.15, 0.2) is 6.61 Å². The van der Waals surface area contributed by atoms with E-state index in [9.17, 15) is 9.59 Å². The van der Waals surface area contributed by atoms with Crippen molar-refractivity contribution in [3.05, 3.63) is 65.2 Å². The van der Waals surface area contributed by atoms with Crippen molar-refractivity contribution in [3.63, 3.8) is 0 Å². The van der Waals surface area contributed by atoms with Crippen molar-refractivity contribution in [3.8, 4) is 5.75 Å². The van der Waals surface area contributed by atoms with Crippen LogP contribution in [-0.4, -0.2) is 31.8 Å². The van der Waals surface area contributed by atoms with Gasteiger partial charge in [-0.2, -0.15) is 5.10 Å². The lowest BCUT2D eigenvalue weighted by Crippen LogP contribution is -2.24. The topological polar surface area (TPSA) is 77.0 Å².